The van der Waals surface area contributed by atoms with E-state index in [1.54, 1.807) is 0 Å². The predicted octanol–water partition coefficient (Wildman–Crippen LogP) is 3.77. The van der Waals surface area contributed by atoms with Crippen molar-refractivity contribution in [2.45, 2.75) is 20.3 Å². The predicted molar refractivity (Wildman–Crippen MR) is 108 cm³/mol. The number of hydrogen-bond acceptors (Lipinski definition) is 2. The summed E-state index contributed by atoms with van der Waals surface area (Å²) in [6.07, 6.45) is 2.66. The van der Waals surface area contributed by atoms with Crippen molar-refractivity contribution in [2.75, 3.05) is 26.2 Å². The first kappa shape index (κ1) is 18.9. The van der Waals surface area contributed by atoms with Gasteiger partial charge in [-0.05, 0) is 37.1 Å². The van der Waals surface area contributed by atoms with Crippen LogP contribution in [0, 0.1) is 6.92 Å². The molecule has 0 saturated carbocycles. The summed E-state index contributed by atoms with van der Waals surface area (Å²) in [5, 5.41) is 0. The summed E-state index contributed by atoms with van der Waals surface area (Å²) in [6, 6.07) is 17.6. The Labute approximate surface area is 161 Å². The molecule has 1 heterocycles. The number of benzene rings is 2. The maximum Gasteiger partial charge on any atom is 0.253 e. The van der Waals surface area contributed by atoms with Crippen molar-refractivity contribution in [3.05, 3.63) is 76.9 Å². The van der Waals surface area contributed by atoms with E-state index in [9.17, 15) is 9.59 Å². The van der Waals surface area contributed by atoms with E-state index < -0.39 is 0 Å². The number of aryl methyl sites for hydroxylation is 1. The van der Waals surface area contributed by atoms with Gasteiger partial charge in [0.1, 0.15) is 0 Å². The van der Waals surface area contributed by atoms with E-state index in [4.69, 9.17) is 0 Å². The van der Waals surface area contributed by atoms with E-state index in [1.165, 1.54) is 0 Å². The lowest BCUT2D eigenvalue weighted by Gasteiger charge is -2.35. The van der Waals surface area contributed by atoms with Crippen molar-refractivity contribution in [2.24, 2.45) is 0 Å². The van der Waals surface area contributed by atoms with Gasteiger partial charge < -0.3 is 9.80 Å². The van der Waals surface area contributed by atoms with Crippen LogP contribution in [0.5, 0.6) is 0 Å². The number of piperazine rings is 1. The van der Waals surface area contributed by atoms with Gasteiger partial charge in [-0.25, -0.2) is 0 Å². The smallest absolute Gasteiger partial charge is 0.253 e. The highest BCUT2D eigenvalue weighted by molar-refractivity contribution is 5.98. The number of rotatable bonds is 4. The molecule has 0 radical (unpaired) electrons. The molecule has 2 aromatic carbocycles. The van der Waals surface area contributed by atoms with Gasteiger partial charge in [-0.1, -0.05) is 55.0 Å². The fourth-order valence-corrected chi connectivity index (χ4v) is 3.34. The Balaban J connectivity index is 1.63. The number of carbonyl (C=O) groups is 2. The zero-order chi connectivity index (χ0) is 19.2. The number of amides is 2. The minimum atomic E-state index is 0.0429. The summed E-state index contributed by atoms with van der Waals surface area (Å²) in [5.74, 6) is 0.116. The molecule has 4 nitrogen and oxygen atoms in total. The summed E-state index contributed by atoms with van der Waals surface area (Å²) in [7, 11) is 0. The van der Waals surface area contributed by atoms with Crippen LogP contribution in [0.4, 0.5) is 0 Å². The number of carbonyl (C=O) groups excluding carboxylic acids is 2. The van der Waals surface area contributed by atoms with Gasteiger partial charge >= 0.3 is 0 Å². The van der Waals surface area contributed by atoms with Crippen molar-refractivity contribution in [1.29, 1.82) is 0 Å². The van der Waals surface area contributed by atoms with Crippen LogP contribution in [0.1, 0.15) is 34.8 Å². The van der Waals surface area contributed by atoms with Gasteiger partial charge in [-0.3, -0.25) is 9.59 Å². The highest BCUT2D eigenvalue weighted by Crippen LogP contribution is 2.16. The molecule has 0 unspecified atom stereocenters. The normalized spacial score (nSPS) is 15.0. The van der Waals surface area contributed by atoms with Crippen LogP contribution in [-0.4, -0.2) is 47.8 Å². The summed E-state index contributed by atoms with van der Waals surface area (Å²) < 4.78 is 0. The molecule has 1 saturated heterocycles. The molecule has 0 atom stereocenters. The average molecular weight is 362 g/mol. The monoisotopic (exact) mass is 362 g/mol. The van der Waals surface area contributed by atoms with Crippen molar-refractivity contribution >= 4 is 17.9 Å². The maximum atomic E-state index is 12.9. The second-order valence-electron chi connectivity index (χ2n) is 6.89. The molecule has 0 N–H and O–H groups in total. The summed E-state index contributed by atoms with van der Waals surface area (Å²) in [6.45, 7) is 6.27. The second-order valence-corrected chi connectivity index (χ2v) is 6.89. The van der Waals surface area contributed by atoms with Crippen molar-refractivity contribution < 1.29 is 9.59 Å². The van der Waals surface area contributed by atoms with Crippen LogP contribution in [0.3, 0.4) is 0 Å². The highest BCUT2D eigenvalue weighted by Gasteiger charge is 2.26. The van der Waals surface area contributed by atoms with Gasteiger partial charge in [0.15, 0.2) is 0 Å². The van der Waals surface area contributed by atoms with E-state index >= 15 is 0 Å². The molecule has 0 spiro atoms. The highest BCUT2D eigenvalue weighted by atomic mass is 16.2. The minimum Gasteiger partial charge on any atom is -0.335 e. The Morgan fingerprint density at radius 3 is 2.22 bits per heavy atom. The number of nitrogens with zero attached hydrogens (tertiary/aromatic N) is 2. The Kier molecular flexibility index (Phi) is 6.07. The third-order valence-corrected chi connectivity index (χ3v) is 4.92. The van der Waals surface area contributed by atoms with Crippen molar-refractivity contribution in [1.82, 2.24) is 9.80 Å². The Morgan fingerprint density at radius 1 is 0.926 bits per heavy atom. The van der Waals surface area contributed by atoms with E-state index in [1.807, 2.05) is 84.3 Å². The zero-order valence-electron chi connectivity index (χ0n) is 16.0. The molecular formula is C23H26N2O2. The van der Waals surface area contributed by atoms with Gasteiger partial charge in [0.05, 0.1) is 0 Å². The molecule has 0 bridgehead atoms. The van der Waals surface area contributed by atoms with Gasteiger partial charge in [0.25, 0.3) is 5.91 Å². The van der Waals surface area contributed by atoms with Crippen LogP contribution in [0.2, 0.25) is 0 Å². The molecule has 4 heteroatoms. The molecule has 1 aliphatic heterocycles. The van der Waals surface area contributed by atoms with Crippen LogP contribution >= 0.6 is 0 Å². The first-order valence-electron chi connectivity index (χ1n) is 9.49. The first-order chi connectivity index (χ1) is 13.1. The largest absolute Gasteiger partial charge is 0.335 e. The molecule has 27 heavy (non-hydrogen) atoms. The molecule has 1 fully saturated rings. The third-order valence-electron chi connectivity index (χ3n) is 4.92. The molecule has 0 aliphatic carbocycles. The Morgan fingerprint density at radius 2 is 1.59 bits per heavy atom. The molecular weight excluding hydrogens is 336 g/mol. The van der Waals surface area contributed by atoms with Crippen molar-refractivity contribution in [3.63, 3.8) is 0 Å². The SMILES string of the molecule is CC/C(=C\c1ccccc1)C(=O)N1CCN(C(=O)c2cccc(C)c2)CC1. The van der Waals surface area contributed by atoms with Crippen LogP contribution in [-0.2, 0) is 4.79 Å². The van der Waals surface area contributed by atoms with E-state index in [0.29, 0.717) is 38.2 Å². The van der Waals surface area contributed by atoms with E-state index in [-0.39, 0.29) is 11.8 Å². The molecule has 140 valence electrons. The Hall–Kier alpha value is -2.88. The lowest BCUT2D eigenvalue weighted by Crippen LogP contribution is -2.50. The van der Waals surface area contributed by atoms with Crippen LogP contribution in [0.15, 0.2) is 60.2 Å². The quantitative estimate of drug-likeness (QED) is 0.777. The van der Waals surface area contributed by atoms with Gasteiger partial charge in [0.2, 0.25) is 5.91 Å². The van der Waals surface area contributed by atoms with Crippen LogP contribution in [0.25, 0.3) is 6.08 Å². The molecule has 3 rings (SSSR count). The molecule has 0 aromatic heterocycles. The minimum absolute atomic E-state index is 0.0429. The third kappa shape index (κ3) is 4.64. The summed E-state index contributed by atoms with van der Waals surface area (Å²) >= 11 is 0. The van der Waals surface area contributed by atoms with Gasteiger partial charge in [-0.2, -0.15) is 0 Å². The van der Waals surface area contributed by atoms with E-state index in [2.05, 4.69) is 0 Å². The fourth-order valence-electron chi connectivity index (χ4n) is 3.34. The Bertz CT molecular complexity index is 834. The summed E-state index contributed by atoms with van der Waals surface area (Å²) in [4.78, 5) is 29.2. The van der Waals surface area contributed by atoms with Crippen molar-refractivity contribution in [3.8, 4) is 0 Å². The van der Waals surface area contributed by atoms with Gasteiger partial charge in [0, 0.05) is 37.3 Å². The maximum absolute atomic E-state index is 12.9. The topological polar surface area (TPSA) is 40.6 Å². The first-order valence-corrected chi connectivity index (χ1v) is 9.49. The zero-order valence-corrected chi connectivity index (χ0v) is 16.0. The number of hydrogen-bond donors (Lipinski definition) is 0. The fraction of sp³-hybridized carbons (Fsp3) is 0.304. The lowest BCUT2D eigenvalue weighted by molar-refractivity contribution is -0.128. The lowest BCUT2D eigenvalue weighted by atomic mass is 10.1. The standard InChI is InChI=1S/C23H26N2O2/c1-3-20(17-19-9-5-4-6-10-19)22(26)24-12-14-25(15-13-24)23(27)21-11-7-8-18(2)16-21/h4-11,16-17H,3,12-15H2,1-2H3/b20-17+. The molecule has 2 amide bonds. The molecule has 2 aromatic rings. The second kappa shape index (κ2) is 8.67. The average Bonchev–Trinajstić information content (AvgIpc) is 2.72. The van der Waals surface area contributed by atoms with E-state index in [0.717, 1.165) is 16.7 Å². The summed E-state index contributed by atoms with van der Waals surface area (Å²) in [5.41, 5.74) is 3.64. The molecule has 1 aliphatic rings. The van der Waals surface area contributed by atoms with Gasteiger partial charge in [-0.15, -0.1) is 0 Å². The van der Waals surface area contributed by atoms with Crippen LogP contribution < -0.4 is 0 Å².